The summed E-state index contributed by atoms with van der Waals surface area (Å²) in [6, 6.07) is 15.5. The minimum atomic E-state index is -0.495. The van der Waals surface area contributed by atoms with Crippen molar-refractivity contribution in [1.29, 1.82) is 0 Å². The van der Waals surface area contributed by atoms with Gasteiger partial charge in [-0.15, -0.1) is 0 Å². The number of aryl methyl sites for hydroxylation is 1. The Hall–Kier alpha value is -2.89. The number of anilines is 1. The Morgan fingerprint density at radius 1 is 1.04 bits per heavy atom. The van der Waals surface area contributed by atoms with Crippen molar-refractivity contribution < 1.29 is 9.59 Å². The number of carbonyl (C=O) groups is 2. The number of nitrogens with one attached hydrogen (secondary N) is 1. The fourth-order valence-corrected chi connectivity index (χ4v) is 3.44. The first kappa shape index (κ1) is 19.9. The van der Waals surface area contributed by atoms with E-state index in [2.05, 4.69) is 27.3 Å². The zero-order valence-electron chi connectivity index (χ0n) is 16.4. The van der Waals surface area contributed by atoms with E-state index >= 15 is 0 Å². The van der Waals surface area contributed by atoms with E-state index in [-0.39, 0.29) is 11.8 Å². The lowest BCUT2D eigenvalue weighted by Crippen LogP contribution is -2.54. The topological polar surface area (TPSA) is 65.5 Å². The van der Waals surface area contributed by atoms with Crippen LogP contribution in [0.2, 0.25) is 0 Å². The maximum atomic E-state index is 12.6. The number of benzene rings is 1. The van der Waals surface area contributed by atoms with Crippen molar-refractivity contribution in [2.75, 3.05) is 31.1 Å². The Kier molecular flexibility index (Phi) is 7.00. The molecule has 1 aliphatic rings. The lowest BCUT2D eigenvalue weighted by Gasteiger charge is -2.36. The van der Waals surface area contributed by atoms with Crippen LogP contribution in [-0.2, 0) is 16.0 Å². The largest absolute Gasteiger partial charge is 0.353 e. The van der Waals surface area contributed by atoms with Crippen molar-refractivity contribution in [1.82, 2.24) is 15.2 Å². The Balaban J connectivity index is 1.39. The predicted octanol–water partition coefficient (Wildman–Crippen LogP) is 2.26. The van der Waals surface area contributed by atoms with E-state index in [4.69, 9.17) is 0 Å². The maximum Gasteiger partial charge on any atom is 0.244 e. The number of hydrogen-bond acceptors (Lipinski definition) is 4. The SMILES string of the molecule is CC(NC(=O)CCCc1ccccc1)C(=O)N1CCN(c2ccccn2)CC1. The van der Waals surface area contributed by atoms with Crippen LogP contribution in [0.4, 0.5) is 5.82 Å². The van der Waals surface area contributed by atoms with Gasteiger partial charge in [0.2, 0.25) is 11.8 Å². The molecule has 1 aromatic carbocycles. The second kappa shape index (κ2) is 9.88. The Bertz CT molecular complexity index is 759. The first-order chi connectivity index (χ1) is 13.6. The highest BCUT2D eigenvalue weighted by molar-refractivity contribution is 5.87. The van der Waals surface area contributed by atoms with Gasteiger partial charge in [-0.1, -0.05) is 36.4 Å². The van der Waals surface area contributed by atoms with Crippen LogP contribution >= 0.6 is 0 Å². The van der Waals surface area contributed by atoms with Gasteiger partial charge in [0.1, 0.15) is 11.9 Å². The maximum absolute atomic E-state index is 12.6. The number of piperazine rings is 1. The average molecular weight is 380 g/mol. The molecule has 1 atom stereocenters. The molecule has 1 saturated heterocycles. The van der Waals surface area contributed by atoms with E-state index in [0.29, 0.717) is 19.5 Å². The second-order valence-corrected chi connectivity index (χ2v) is 7.13. The quantitative estimate of drug-likeness (QED) is 0.800. The number of nitrogens with zero attached hydrogens (tertiary/aromatic N) is 3. The van der Waals surface area contributed by atoms with Crippen LogP contribution in [0.15, 0.2) is 54.7 Å². The molecule has 2 amide bonds. The van der Waals surface area contributed by atoms with Crippen LogP contribution in [-0.4, -0.2) is 53.9 Å². The molecule has 0 bridgehead atoms. The van der Waals surface area contributed by atoms with Crippen LogP contribution in [0.25, 0.3) is 0 Å². The van der Waals surface area contributed by atoms with E-state index in [1.165, 1.54) is 5.56 Å². The molecule has 2 aromatic rings. The number of hydrogen-bond donors (Lipinski definition) is 1. The monoisotopic (exact) mass is 380 g/mol. The van der Waals surface area contributed by atoms with Gasteiger partial charge in [-0.2, -0.15) is 0 Å². The van der Waals surface area contributed by atoms with Crippen molar-refractivity contribution in [2.24, 2.45) is 0 Å². The molecular formula is C22H28N4O2. The highest BCUT2D eigenvalue weighted by atomic mass is 16.2. The van der Waals surface area contributed by atoms with Gasteiger partial charge in [-0.25, -0.2) is 4.98 Å². The number of aromatic nitrogens is 1. The molecule has 1 aliphatic heterocycles. The molecule has 0 aliphatic carbocycles. The van der Waals surface area contributed by atoms with Gasteiger partial charge in [0.15, 0.2) is 0 Å². The van der Waals surface area contributed by atoms with Crippen molar-refractivity contribution in [3.05, 3.63) is 60.3 Å². The number of rotatable bonds is 7. The van der Waals surface area contributed by atoms with Gasteiger partial charge in [0, 0.05) is 38.8 Å². The van der Waals surface area contributed by atoms with Crippen molar-refractivity contribution in [3.63, 3.8) is 0 Å². The lowest BCUT2D eigenvalue weighted by molar-refractivity contribution is -0.136. The zero-order chi connectivity index (χ0) is 19.8. The van der Waals surface area contributed by atoms with E-state index in [1.807, 2.05) is 41.3 Å². The molecule has 3 rings (SSSR count). The summed E-state index contributed by atoms with van der Waals surface area (Å²) in [5, 5.41) is 2.85. The molecule has 6 nitrogen and oxygen atoms in total. The average Bonchev–Trinajstić information content (AvgIpc) is 2.74. The Labute approximate surface area is 166 Å². The van der Waals surface area contributed by atoms with Crippen molar-refractivity contribution in [2.45, 2.75) is 32.2 Å². The van der Waals surface area contributed by atoms with Crippen LogP contribution in [0, 0.1) is 0 Å². The molecule has 1 fully saturated rings. The van der Waals surface area contributed by atoms with Crippen LogP contribution in [0.5, 0.6) is 0 Å². The molecule has 1 unspecified atom stereocenters. The second-order valence-electron chi connectivity index (χ2n) is 7.13. The Morgan fingerprint density at radius 3 is 2.43 bits per heavy atom. The minimum absolute atomic E-state index is 0.0166. The predicted molar refractivity (Wildman–Crippen MR) is 110 cm³/mol. The standard InChI is InChI=1S/C22H28N4O2/c1-18(24-21(27)12-7-10-19-8-3-2-4-9-19)22(28)26-16-14-25(15-17-26)20-11-5-6-13-23-20/h2-6,8-9,11,13,18H,7,10,12,14-17H2,1H3,(H,24,27). The van der Waals surface area contributed by atoms with Gasteiger partial charge < -0.3 is 15.1 Å². The van der Waals surface area contributed by atoms with Gasteiger partial charge in [-0.05, 0) is 37.5 Å². The third-order valence-corrected chi connectivity index (χ3v) is 5.02. The van der Waals surface area contributed by atoms with Gasteiger partial charge in [0.25, 0.3) is 0 Å². The van der Waals surface area contributed by atoms with E-state index in [9.17, 15) is 9.59 Å². The summed E-state index contributed by atoms with van der Waals surface area (Å²) >= 11 is 0. The van der Waals surface area contributed by atoms with Gasteiger partial charge in [-0.3, -0.25) is 9.59 Å². The summed E-state index contributed by atoms with van der Waals surface area (Å²) in [6.45, 7) is 4.55. The summed E-state index contributed by atoms with van der Waals surface area (Å²) in [4.78, 5) is 33.2. The number of amides is 2. The fourth-order valence-electron chi connectivity index (χ4n) is 3.44. The van der Waals surface area contributed by atoms with Crippen LogP contribution < -0.4 is 10.2 Å². The van der Waals surface area contributed by atoms with Crippen LogP contribution in [0.3, 0.4) is 0 Å². The number of carbonyl (C=O) groups excluding carboxylic acids is 2. The van der Waals surface area contributed by atoms with E-state index in [0.717, 1.165) is 31.7 Å². The molecule has 2 heterocycles. The van der Waals surface area contributed by atoms with E-state index in [1.54, 1.807) is 13.1 Å². The summed E-state index contributed by atoms with van der Waals surface area (Å²) in [5.41, 5.74) is 1.23. The molecule has 0 saturated carbocycles. The third kappa shape index (κ3) is 5.55. The Morgan fingerprint density at radius 2 is 1.75 bits per heavy atom. The first-order valence-electron chi connectivity index (χ1n) is 9.91. The fraction of sp³-hybridized carbons (Fsp3) is 0.409. The zero-order valence-corrected chi connectivity index (χ0v) is 16.4. The van der Waals surface area contributed by atoms with Crippen molar-refractivity contribution in [3.8, 4) is 0 Å². The van der Waals surface area contributed by atoms with Gasteiger partial charge >= 0.3 is 0 Å². The highest BCUT2D eigenvalue weighted by Gasteiger charge is 2.26. The van der Waals surface area contributed by atoms with Crippen molar-refractivity contribution >= 4 is 17.6 Å². The molecule has 148 valence electrons. The normalized spacial score (nSPS) is 15.2. The highest BCUT2D eigenvalue weighted by Crippen LogP contribution is 2.13. The van der Waals surface area contributed by atoms with E-state index < -0.39 is 6.04 Å². The smallest absolute Gasteiger partial charge is 0.244 e. The molecule has 1 aromatic heterocycles. The molecular weight excluding hydrogens is 352 g/mol. The third-order valence-electron chi connectivity index (χ3n) is 5.02. The minimum Gasteiger partial charge on any atom is -0.353 e. The molecule has 1 N–H and O–H groups in total. The van der Waals surface area contributed by atoms with Gasteiger partial charge in [0.05, 0.1) is 0 Å². The summed E-state index contributed by atoms with van der Waals surface area (Å²) in [6.07, 6.45) is 3.85. The first-order valence-corrected chi connectivity index (χ1v) is 9.91. The number of pyridine rings is 1. The summed E-state index contributed by atoms with van der Waals surface area (Å²) < 4.78 is 0. The van der Waals surface area contributed by atoms with Crippen LogP contribution in [0.1, 0.15) is 25.3 Å². The summed E-state index contributed by atoms with van der Waals surface area (Å²) in [7, 11) is 0. The summed E-state index contributed by atoms with van der Waals surface area (Å²) in [5.74, 6) is 0.857. The molecule has 6 heteroatoms. The lowest BCUT2D eigenvalue weighted by atomic mass is 10.1. The molecule has 0 spiro atoms. The molecule has 0 radical (unpaired) electrons. The molecule has 28 heavy (non-hydrogen) atoms.